The Bertz CT molecular complexity index is 565. The molecule has 0 saturated carbocycles. The first kappa shape index (κ1) is 12.0. The van der Waals surface area contributed by atoms with E-state index in [0.29, 0.717) is 5.69 Å². The summed E-state index contributed by atoms with van der Waals surface area (Å²) in [6.07, 6.45) is 0. The molecule has 0 aliphatic rings. The summed E-state index contributed by atoms with van der Waals surface area (Å²) < 4.78 is 30.8. The Labute approximate surface area is 99.9 Å². The molecular weight excluding hydrogens is 246 g/mol. The number of halogens is 2. The van der Waals surface area contributed by atoms with Crippen molar-refractivity contribution in [3.63, 3.8) is 0 Å². The summed E-state index contributed by atoms with van der Waals surface area (Å²) in [6.45, 7) is 1.55. The smallest absolute Gasteiger partial charge is 0.303 e. The van der Waals surface area contributed by atoms with Gasteiger partial charge in [0.25, 0.3) is 0 Å². The van der Waals surface area contributed by atoms with Crippen molar-refractivity contribution in [2.24, 2.45) is 0 Å². The quantitative estimate of drug-likeness (QED) is 0.861. The Morgan fingerprint density at radius 1 is 1.22 bits per heavy atom. The summed E-state index contributed by atoms with van der Waals surface area (Å²) in [7, 11) is 0. The van der Waals surface area contributed by atoms with Gasteiger partial charge in [-0.1, -0.05) is 11.2 Å². The number of aryl methyl sites for hydroxylation is 1. The molecule has 0 aliphatic heterocycles. The van der Waals surface area contributed by atoms with Gasteiger partial charge in [-0.3, -0.25) is 5.32 Å². The Morgan fingerprint density at radius 3 is 2.44 bits per heavy atom. The standard InChI is InChI=1S/C10H8F2N4O2/c1-5-9(16-18-15-5)14-10(17)13-8-6(11)3-2-4-7(8)12/h2-4H,1H3,(H2,13,14,16,17). The molecule has 1 aromatic carbocycles. The second kappa shape index (κ2) is 4.78. The number of carbonyl (C=O) groups excluding carboxylic acids is 1. The fraction of sp³-hybridized carbons (Fsp3) is 0.100. The molecule has 0 unspecified atom stereocenters. The minimum Gasteiger partial charge on any atom is -0.303 e. The van der Waals surface area contributed by atoms with Crippen molar-refractivity contribution in [3.05, 3.63) is 35.5 Å². The van der Waals surface area contributed by atoms with Crippen LogP contribution in [0, 0.1) is 18.6 Å². The SMILES string of the molecule is Cc1nonc1NC(=O)Nc1c(F)cccc1F. The second-order valence-electron chi connectivity index (χ2n) is 3.37. The number of rotatable bonds is 2. The summed E-state index contributed by atoms with van der Waals surface area (Å²) in [5, 5.41) is 11.1. The number of anilines is 2. The number of urea groups is 1. The number of amides is 2. The van der Waals surface area contributed by atoms with Gasteiger partial charge in [-0.2, -0.15) is 0 Å². The third-order valence-electron chi connectivity index (χ3n) is 2.09. The molecule has 94 valence electrons. The van der Waals surface area contributed by atoms with E-state index in [1.807, 2.05) is 5.32 Å². The zero-order chi connectivity index (χ0) is 13.1. The third-order valence-corrected chi connectivity index (χ3v) is 2.09. The molecular formula is C10H8F2N4O2. The maximum atomic E-state index is 13.2. The van der Waals surface area contributed by atoms with Gasteiger partial charge >= 0.3 is 6.03 Å². The van der Waals surface area contributed by atoms with Gasteiger partial charge in [-0.25, -0.2) is 18.2 Å². The van der Waals surface area contributed by atoms with E-state index < -0.39 is 23.4 Å². The molecule has 1 heterocycles. The summed E-state index contributed by atoms with van der Waals surface area (Å²) in [5.74, 6) is -1.68. The Hall–Kier alpha value is -2.51. The van der Waals surface area contributed by atoms with E-state index in [1.165, 1.54) is 6.07 Å². The van der Waals surface area contributed by atoms with Gasteiger partial charge in [0, 0.05) is 0 Å². The van der Waals surface area contributed by atoms with Crippen molar-refractivity contribution in [2.75, 3.05) is 10.6 Å². The summed E-state index contributed by atoms with van der Waals surface area (Å²) >= 11 is 0. The molecule has 18 heavy (non-hydrogen) atoms. The lowest BCUT2D eigenvalue weighted by molar-refractivity contribution is 0.261. The van der Waals surface area contributed by atoms with E-state index in [-0.39, 0.29) is 5.82 Å². The van der Waals surface area contributed by atoms with E-state index in [4.69, 9.17) is 0 Å². The number of carbonyl (C=O) groups is 1. The van der Waals surface area contributed by atoms with Crippen molar-refractivity contribution in [1.82, 2.24) is 10.3 Å². The summed E-state index contributed by atoms with van der Waals surface area (Å²) in [6, 6.07) is 2.40. The number of hydrogen-bond acceptors (Lipinski definition) is 4. The number of nitrogens with one attached hydrogen (secondary N) is 2. The molecule has 0 bridgehead atoms. The van der Waals surface area contributed by atoms with Crippen LogP contribution >= 0.6 is 0 Å². The van der Waals surface area contributed by atoms with Gasteiger partial charge in [0.15, 0.2) is 0 Å². The Kier molecular flexibility index (Phi) is 3.18. The molecule has 2 aromatic rings. The molecule has 0 spiro atoms. The van der Waals surface area contributed by atoms with Crippen molar-refractivity contribution in [3.8, 4) is 0 Å². The zero-order valence-corrected chi connectivity index (χ0v) is 9.20. The highest BCUT2D eigenvalue weighted by atomic mass is 19.1. The minimum atomic E-state index is -0.875. The van der Waals surface area contributed by atoms with Crippen LogP contribution in [0.4, 0.5) is 25.1 Å². The predicted molar refractivity (Wildman–Crippen MR) is 58.0 cm³/mol. The van der Waals surface area contributed by atoms with Crippen LogP contribution in [0.3, 0.4) is 0 Å². The molecule has 1 aromatic heterocycles. The van der Waals surface area contributed by atoms with E-state index in [0.717, 1.165) is 12.1 Å². The maximum absolute atomic E-state index is 13.2. The first-order chi connectivity index (χ1) is 8.58. The van der Waals surface area contributed by atoms with Crippen LogP contribution in [0.5, 0.6) is 0 Å². The van der Waals surface area contributed by atoms with Crippen molar-refractivity contribution in [1.29, 1.82) is 0 Å². The van der Waals surface area contributed by atoms with Gasteiger partial charge in [0.2, 0.25) is 5.82 Å². The van der Waals surface area contributed by atoms with E-state index in [2.05, 4.69) is 20.3 Å². The molecule has 2 amide bonds. The number of para-hydroxylation sites is 1. The van der Waals surface area contributed by atoms with Crippen LogP contribution in [-0.2, 0) is 0 Å². The topological polar surface area (TPSA) is 80.1 Å². The van der Waals surface area contributed by atoms with Crippen LogP contribution in [-0.4, -0.2) is 16.3 Å². The third kappa shape index (κ3) is 2.42. The van der Waals surface area contributed by atoms with Gasteiger partial charge in [-0.05, 0) is 24.2 Å². The molecule has 0 saturated heterocycles. The van der Waals surface area contributed by atoms with Crippen LogP contribution in [0.15, 0.2) is 22.8 Å². The van der Waals surface area contributed by atoms with Gasteiger partial charge in [0.1, 0.15) is 23.0 Å². The minimum absolute atomic E-state index is 0.0734. The number of benzene rings is 1. The Balaban J connectivity index is 2.10. The predicted octanol–water partition coefficient (Wildman–Crippen LogP) is 2.30. The zero-order valence-electron chi connectivity index (χ0n) is 9.20. The van der Waals surface area contributed by atoms with Crippen molar-refractivity contribution in [2.45, 2.75) is 6.92 Å². The maximum Gasteiger partial charge on any atom is 0.325 e. The van der Waals surface area contributed by atoms with E-state index in [9.17, 15) is 13.6 Å². The first-order valence-electron chi connectivity index (χ1n) is 4.89. The number of hydrogen-bond donors (Lipinski definition) is 2. The first-order valence-corrected chi connectivity index (χ1v) is 4.89. The molecule has 0 aliphatic carbocycles. The average Bonchev–Trinajstić information content (AvgIpc) is 2.70. The largest absolute Gasteiger partial charge is 0.325 e. The molecule has 8 heteroatoms. The molecule has 0 fully saturated rings. The lowest BCUT2D eigenvalue weighted by Crippen LogP contribution is -2.21. The van der Waals surface area contributed by atoms with Gasteiger partial charge in [-0.15, -0.1) is 0 Å². The fourth-order valence-electron chi connectivity index (χ4n) is 1.21. The molecule has 0 atom stereocenters. The molecule has 2 N–H and O–H groups in total. The van der Waals surface area contributed by atoms with E-state index in [1.54, 1.807) is 6.92 Å². The van der Waals surface area contributed by atoms with Crippen LogP contribution in [0.2, 0.25) is 0 Å². The molecule has 0 radical (unpaired) electrons. The van der Waals surface area contributed by atoms with Gasteiger partial charge < -0.3 is 5.32 Å². The van der Waals surface area contributed by atoms with E-state index >= 15 is 0 Å². The second-order valence-corrected chi connectivity index (χ2v) is 3.37. The summed E-state index contributed by atoms with van der Waals surface area (Å²) in [5.41, 5.74) is -0.191. The normalized spacial score (nSPS) is 10.2. The van der Waals surface area contributed by atoms with Crippen LogP contribution < -0.4 is 10.6 Å². The summed E-state index contributed by atoms with van der Waals surface area (Å²) in [4.78, 5) is 11.5. The van der Waals surface area contributed by atoms with Gasteiger partial charge in [0.05, 0.1) is 0 Å². The van der Waals surface area contributed by atoms with Crippen LogP contribution in [0.25, 0.3) is 0 Å². The highest BCUT2D eigenvalue weighted by Gasteiger charge is 2.14. The monoisotopic (exact) mass is 254 g/mol. The van der Waals surface area contributed by atoms with Crippen molar-refractivity contribution >= 4 is 17.5 Å². The number of aromatic nitrogens is 2. The molecule has 2 rings (SSSR count). The number of nitrogens with zero attached hydrogens (tertiary/aromatic N) is 2. The average molecular weight is 254 g/mol. The lowest BCUT2D eigenvalue weighted by atomic mass is 10.3. The fourth-order valence-corrected chi connectivity index (χ4v) is 1.21. The highest BCUT2D eigenvalue weighted by molar-refractivity contribution is 5.99. The Morgan fingerprint density at radius 2 is 1.89 bits per heavy atom. The highest BCUT2D eigenvalue weighted by Crippen LogP contribution is 2.18. The van der Waals surface area contributed by atoms with Crippen molar-refractivity contribution < 1.29 is 18.2 Å². The van der Waals surface area contributed by atoms with Crippen LogP contribution in [0.1, 0.15) is 5.69 Å². The lowest BCUT2D eigenvalue weighted by Gasteiger charge is -2.07. The molecule has 6 nitrogen and oxygen atoms in total.